The van der Waals surface area contributed by atoms with E-state index in [2.05, 4.69) is 21.2 Å². The number of amides is 2. The lowest BCUT2D eigenvalue weighted by atomic mass is 10.1. The van der Waals surface area contributed by atoms with Gasteiger partial charge in [0.25, 0.3) is 5.91 Å². The summed E-state index contributed by atoms with van der Waals surface area (Å²) in [6.07, 6.45) is 0.330. The lowest BCUT2D eigenvalue weighted by molar-refractivity contribution is -0.130. The minimum atomic E-state index is -0.159. The summed E-state index contributed by atoms with van der Waals surface area (Å²) >= 11 is 3.41. The van der Waals surface area contributed by atoms with Crippen molar-refractivity contribution in [3.8, 4) is 0 Å². The van der Waals surface area contributed by atoms with E-state index in [4.69, 9.17) is 0 Å². The molecule has 110 valence electrons. The standard InChI is InChI=1S/C15H21BrN2O2/c1-4-18(5-2)13(19)9-10-17-15(20)12-8-6-7-11(3)14(12)16/h6-8H,4-5,9-10H2,1-3H3,(H,17,20). The Labute approximate surface area is 128 Å². The number of carbonyl (C=O) groups excluding carboxylic acids is 2. The molecule has 0 unspecified atom stereocenters. The second-order valence-electron chi connectivity index (χ2n) is 4.51. The average molecular weight is 341 g/mol. The third kappa shape index (κ3) is 4.34. The van der Waals surface area contributed by atoms with Crippen LogP contribution in [0.5, 0.6) is 0 Å². The molecule has 0 radical (unpaired) electrons. The van der Waals surface area contributed by atoms with E-state index in [1.54, 1.807) is 11.0 Å². The maximum absolute atomic E-state index is 12.0. The van der Waals surface area contributed by atoms with Crippen molar-refractivity contribution in [2.24, 2.45) is 0 Å². The van der Waals surface area contributed by atoms with Crippen LogP contribution in [0.15, 0.2) is 22.7 Å². The summed E-state index contributed by atoms with van der Waals surface area (Å²) in [6.45, 7) is 7.59. The van der Waals surface area contributed by atoms with E-state index in [-0.39, 0.29) is 11.8 Å². The Bertz CT molecular complexity index is 485. The second-order valence-corrected chi connectivity index (χ2v) is 5.30. The largest absolute Gasteiger partial charge is 0.351 e. The summed E-state index contributed by atoms with van der Waals surface area (Å²) in [5.74, 6) is -0.0912. The van der Waals surface area contributed by atoms with Crippen molar-refractivity contribution in [1.29, 1.82) is 0 Å². The number of rotatable bonds is 6. The van der Waals surface area contributed by atoms with Crippen LogP contribution in [0.2, 0.25) is 0 Å². The molecule has 2 amide bonds. The minimum absolute atomic E-state index is 0.0682. The van der Waals surface area contributed by atoms with Gasteiger partial charge in [0.2, 0.25) is 5.91 Å². The van der Waals surface area contributed by atoms with E-state index >= 15 is 0 Å². The molecular weight excluding hydrogens is 320 g/mol. The molecule has 20 heavy (non-hydrogen) atoms. The zero-order valence-corrected chi connectivity index (χ0v) is 13.8. The highest BCUT2D eigenvalue weighted by Gasteiger charge is 2.13. The molecule has 0 atom stereocenters. The molecule has 0 fully saturated rings. The molecule has 1 N–H and O–H groups in total. The summed E-state index contributed by atoms with van der Waals surface area (Å²) in [6, 6.07) is 5.54. The Kier molecular flexibility index (Phi) is 6.71. The molecular formula is C15H21BrN2O2. The first-order valence-electron chi connectivity index (χ1n) is 6.82. The van der Waals surface area contributed by atoms with Crippen molar-refractivity contribution < 1.29 is 9.59 Å². The quantitative estimate of drug-likeness (QED) is 0.865. The summed E-state index contributed by atoms with van der Waals surface area (Å²) in [5.41, 5.74) is 1.61. The zero-order valence-electron chi connectivity index (χ0n) is 12.2. The maximum atomic E-state index is 12.0. The van der Waals surface area contributed by atoms with Crippen molar-refractivity contribution in [3.63, 3.8) is 0 Å². The summed E-state index contributed by atoms with van der Waals surface area (Å²) < 4.78 is 0.799. The van der Waals surface area contributed by atoms with Crippen molar-refractivity contribution in [2.75, 3.05) is 19.6 Å². The molecule has 0 saturated carbocycles. The van der Waals surface area contributed by atoms with Crippen molar-refractivity contribution >= 4 is 27.7 Å². The van der Waals surface area contributed by atoms with Gasteiger partial charge in [-0.25, -0.2) is 0 Å². The lowest BCUT2D eigenvalue weighted by Crippen LogP contribution is -2.34. The van der Waals surface area contributed by atoms with Crippen LogP contribution in [-0.2, 0) is 4.79 Å². The third-order valence-electron chi connectivity index (χ3n) is 3.18. The molecule has 0 saturated heterocycles. The molecule has 0 aliphatic rings. The van der Waals surface area contributed by atoms with Gasteiger partial charge < -0.3 is 10.2 Å². The predicted octanol–water partition coefficient (Wildman–Crippen LogP) is 2.75. The fourth-order valence-corrected chi connectivity index (χ4v) is 2.38. The van der Waals surface area contributed by atoms with Crippen LogP contribution >= 0.6 is 15.9 Å². The third-order valence-corrected chi connectivity index (χ3v) is 4.23. The van der Waals surface area contributed by atoms with Crippen LogP contribution < -0.4 is 5.32 Å². The van der Waals surface area contributed by atoms with E-state index in [9.17, 15) is 9.59 Å². The molecule has 1 aromatic rings. The Morgan fingerprint density at radius 2 is 1.90 bits per heavy atom. The molecule has 0 heterocycles. The van der Waals surface area contributed by atoms with Crippen LogP contribution in [0.25, 0.3) is 0 Å². The fourth-order valence-electron chi connectivity index (χ4n) is 1.94. The van der Waals surface area contributed by atoms with Gasteiger partial charge in [-0.15, -0.1) is 0 Å². The number of carbonyl (C=O) groups is 2. The molecule has 0 aliphatic heterocycles. The first kappa shape index (κ1) is 16.7. The minimum Gasteiger partial charge on any atom is -0.351 e. The van der Waals surface area contributed by atoms with E-state index in [0.29, 0.717) is 31.6 Å². The van der Waals surface area contributed by atoms with Crippen LogP contribution in [0.4, 0.5) is 0 Å². The highest BCUT2D eigenvalue weighted by Crippen LogP contribution is 2.20. The number of halogens is 1. The number of aryl methyl sites for hydroxylation is 1. The summed E-state index contributed by atoms with van der Waals surface area (Å²) in [7, 11) is 0. The SMILES string of the molecule is CCN(CC)C(=O)CCNC(=O)c1cccc(C)c1Br. The summed E-state index contributed by atoms with van der Waals surface area (Å²) in [4.78, 5) is 25.6. The molecule has 0 bridgehead atoms. The molecule has 4 nitrogen and oxygen atoms in total. The lowest BCUT2D eigenvalue weighted by Gasteiger charge is -2.18. The molecule has 1 aromatic carbocycles. The van der Waals surface area contributed by atoms with Gasteiger partial charge >= 0.3 is 0 Å². The van der Waals surface area contributed by atoms with E-state index in [1.807, 2.05) is 32.9 Å². The number of hydrogen-bond donors (Lipinski definition) is 1. The number of benzene rings is 1. The summed E-state index contributed by atoms with van der Waals surface area (Å²) in [5, 5.41) is 2.78. The van der Waals surface area contributed by atoms with Crippen molar-refractivity contribution in [3.05, 3.63) is 33.8 Å². The van der Waals surface area contributed by atoms with Gasteiger partial charge in [-0.3, -0.25) is 9.59 Å². The van der Waals surface area contributed by atoms with Crippen molar-refractivity contribution in [1.82, 2.24) is 10.2 Å². The zero-order chi connectivity index (χ0) is 15.1. The average Bonchev–Trinajstić information content (AvgIpc) is 2.43. The van der Waals surface area contributed by atoms with Crippen LogP contribution in [0.3, 0.4) is 0 Å². The molecule has 0 spiro atoms. The Balaban J connectivity index is 2.52. The monoisotopic (exact) mass is 340 g/mol. The highest BCUT2D eigenvalue weighted by atomic mass is 79.9. The molecule has 5 heteroatoms. The second kappa shape index (κ2) is 8.04. The predicted molar refractivity (Wildman–Crippen MR) is 83.8 cm³/mol. The van der Waals surface area contributed by atoms with E-state index < -0.39 is 0 Å². The number of nitrogens with zero attached hydrogens (tertiary/aromatic N) is 1. The van der Waals surface area contributed by atoms with Gasteiger partial charge in [0.1, 0.15) is 0 Å². The maximum Gasteiger partial charge on any atom is 0.252 e. The Hall–Kier alpha value is -1.36. The topological polar surface area (TPSA) is 49.4 Å². The number of hydrogen-bond acceptors (Lipinski definition) is 2. The normalized spacial score (nSPS) is 10.2. The Morgan fingerprint density at radius 1 is 1.25 bits per heavy atom. The van der Waals surface area contributed by atoms with Gasteiger partial charge in [-0.1, -0.05) is 12.1 Å². The van der Waals surface area contributed by atoms with Crippen LogP contribution in [0.1, 0.15) is 36.2 Å². The highest BCUT2D eigenvalue weighted by molar-refractivity contribution is 9.10. The van der Waals surface area contributed by atoms with Gasteiger partial charge in [0.15, 0.2) is 0 Å². The molecule has 1 rings (SSSR count). The van der Waals surface area contributed by atoms with Crippen LogP contribution in [-0.4, -0.2) is 36.3 Å². The van der Waals surface area contributed by atoms with Gasteiger partial charge in [0, 0.05) is 30.5 Å². The first-order chi connectivity index (χ1) is 9.51. The first-order valence-corrected chi connectivity index (χ1v) is 7.61. The van der Waals surface area contributed by atoms with Gasteiger partial charge in [-0.05, 0) is 48.3 Å². The number of nitrogens with one attached hydrogen (secondary N) is 1. The van der Waals surface area contributed by atoms with Crippen LogP contribution in [0, 0.1) is 6.92 Å². The molecule has 0 aliphatic carbocycles. The van der Waals surface area contributed by atoms with Gasteiger partial charge in [0.05, 0.1) is 5.56 Å². The Morgan fingerprint density at radius 3 is 2.50 bits per heavy atom. The van der Waals surface area contributed by atoms with Crippen molar-refractivity contribution in [2.45, 2.75) is 27.2 Å². The van der Waals surface area contributed by atoms with E-state index in [1.165, 1.54) is 0 Å². The van der Waals surface area contributed by atoms with Gasteiger partial charge in [-0.2, -0.15) is 0 Å². The van der Waals surface area contributed by atoms with E-state index in [0.717, 1.165) is 10.0 Å². The fraction of sp³-hybridized carbons (Fsp3) is 0.467. The smallest absolute Gasteiger partial charge is 0.252 e. The molecule has 0 aromatic heterocycles.